The summed E-state index contributed by atoms with van der Waals surface area (Å²) in [5.41, 5.74) is 6.10. The Hall–Kier alpha value is -4.26. The Kier molecular flexibility index (Phi) is 6.61. The fourth-order valence-electron chi connectivity index (χ4n) is 4.95. The summed E-state index contributed by atoms with van der Waals surface area (Å²) in [5, 5.41) is 18.4. The molecule has 37 heavy (non-hydrogen) atoms. The van der Waals surface area contributed by atoms with Gasteiger partial charge in [-0.05, 0) is 72.9 Å². The molecule has 0 bridgehead atoms. The van der Waals surface area contributed by atoms with Gasteiger partial charge < -0.3 is 19.5 Å². The second-order valence-corrected chi connectivity index (χ2v) is 9.44. The van der Waals surface area contributed by atoms with Gasteiger partial charge in [-0.25, -0.2) is 0 Å². The van der Waals surface area contributed by atoms with E-state index in [0.717, 1.165) is 45.7 Å². The summed E-state index contributed by atoms with van der Waals surface area (Å²) in [6, 6.07) is 19.0. The molecular formula is C30H31N3O4. The molecule has 1 atom stereocenters. The van der Waals surface area contributed by atoms with Gasteiger partial charge >= 0.3 is 0 Å². The van der Waals surface area contributed by atoms with E-state index in [-0.39, 0.29) is 11.7 Å². The van der Waals surface area contributed by atoms with E-state index >= 15 is 0 Å². The SMILES string of the molecule is CCCOc1ccc(C2c3c(-c4cc(C)cc(C)c4O)n[nH]c3C(=O)N2Cc2ccc(OC)cc2)cc1. The van der Waals surface area contributed by atoms with Gasteiger partial charge in [0.1, 0.15) is 28.6 Å². The third-order valence-electron chi connectivity index (χ3n) is 6.74. The van der Waals surface area contributed by atoms with Gasteiger partial charge in [-0.2, -0.15) is 5.10 Å². The molecule has 1 aliphatic heterocycles. The minimum absolute atomic E-state index is 0.134. The van der Waals surface area contributed by atoms with Gasteiger partial charge in [0.25, 0.3) is 5.91 Å². The summed E-state index contributed by atoms with van der Waals surface area (Å²) in [6.07, 6.45) is 0.926. The van der Waals surface area contributed by atoms with E-state index in [4.69, 9.17) is 9.47 Å². The van der Waals surface area contributed by atoms with Crippen molar-refractivity contribution in [1.82, 2.24) is 15.1 Å². The van der Waals surface area contributed by atoms with Crippen LogP contribution in [-0.2, 0) is 6.54 Å². The molecule has 0 spiro atoms. The summed E-state index contributed by atoms with van der Waals surface area (Å²) < 4.78 is 11.1. The average Bonchev–Trinajstić information content (AvgIpc) is 3.44. The number of phenolic OH excluding ortho intramolecular Hbond substituents is 1. The van der Waals surface area contributed by atoms with Crippen molar-refractivity contribution in [3.63, 3.8) is 0 Å². The maximum Gasteiger partial charge on any atom is 0.273 e. The Bertz CT molecular complexity index is 1420. The maximum absolute atomic E-state index is 13.7. The molecule has 1 unspecified atom stereocenters. The van der Waals surface area contributed by atoms with E-state index in [1.165, 1.54) is 0 Å². The Morgan fingerprint density at radius 1 is 1.03 bits per heavy atom. The number of aryl methyl sites for hydroxylation is 2. The fourth-order valence-corrected chi connectivity index (χ4v) is 4.95. The lowest BCUT2D eigenvalue weighted by molar-refractivity contribution is 0.0730. The number of benzene rings is 3. The standard InChI is InChI=1S/C30H31N3O4/c1-5-14-37-23-12-8-21(9-13-23)28-25-26(24-16-18(2)15-19(3)29(24)34)31-32-27(25)30(35)33(28)17-20-6-10-22(36-4)11-7-20/h6-13,15-16,28,34H,5,14,17H2,1-4H3,(H,31,32). The van der Waals surface area contributed by atoms with Crippen LogP contribution in [0.15, 0.2) is 60.7 Å². The number of H-pyrrole nitrogens is 1. The fraction of sp³-hybridized carbons (Fsp3) is 0.267. The number of ether oxygens (including phenoxy) is 2. The monoisotopic (exact) mass is 497 g/mol. The highest BCUT2D eigenvalue weighted by Gasteiger charge is 2.42. The van der Waals surface area contributed by atoms with Gasteiger partial charge in [-0.3, -0.25) is 9.89 Å². The van der Waals surface area contributed by atoms with Crippen molar-refractivity contribution in [1.29, 1.82) is 0 Å². The number of rotatable bonds is 8. The highest BCUT2D eigenvalue weighted by molar-refractivity contribution is 6.00. The van der Waals surface area contributed by atoms with Gasteiger partial charge in [-0.15, -0.1) is 0 Å². The van der Waals surface area contributed by atoms with E-state index in [1.807, 2.05) is 79.4 Å². The van der Waals surface area contributed by atoms with Crippen LogP contribution in [0.2, 0.25) is 0 Å². The second-order valence-electron chi connectivity index (χ2n) is 9.44. The van der Waals surface area contributed by atoms with E-state index in [9.17, 15) is 9.90 Å². The zero-order chi connectivity index (χ0) is 26.1. The molecular weight excluding hydrogens is 466 g/mol. The predicted octanol–water partition coefficient (Wildman–Crippen LogP) is 5.94. The Morgan fingerprint density at radius 3 is 2.41 bits per heavy atom. The smallest absolute Gasteiger partial charge is 0.273 e. The zero-order valence-corrected chi connectivity index (χ0v) is 21.5. The van der Waals surface area contributed by atoms with Gasteiger partial charge in [-0.1, -0.05) is 37.3 Å². The highest BCUT2D eigenvalue weighted by atomic mass is 16.5. The van der Waals surface area contributed by atoms with Crippen LogP contribution < -0.4 is 9.47 Å². The molecule has 5 rings (SSSR count). The minimum Gasteiger partial charge on any atom is -0.507 e. The van der Waals surface area contributed by atoms with E-state index in [0.29, 0.717) is 30.1 Å². The first-order chi connectivity index (χ1) is 17.9. The van der Waals surface area contributed by atoms with Crippen molar-refractivity contribution in [2.24, 2.45) is 0 Å². The molecule has 0 saturated carbocycles. The molecule has 190 valence electrons. The summed E-state index contributed by atoms with van der Waals surface area (Å²) >= 11 is 0. The van der Waals surface area contributed by atoms with E-state index in [1.54, 1.807) is 7.11 Å². The third kappa shape index (κ3) is 4.53. The number of hydrogen-bond acceptors (Lipinski definition) is 5. The van der Waals surface area contributed by atoms with Crippen molar-refractivity contribution in [3.05, 3.63) is 94.2 Å². The number of nitrogens with zero attached hydrogens (tertiary/aromatic N) is 2. The van der Waals surface area contributed by atoms with Crippen LogP contribution in [0.25, 0.3) is 11.3 Å². The molecule has 0 saturated heterocycles. The van der Waals surface area contributed by atoms with Crippen molar-refractivity contribution in [3.8, 4) is 28.5 Å². The molecule has 7 heteroatoms. The molecule has 4 aromatic rings. The Balaban J connectivity index is 1.61. The highest BCUT2D eigenvalue weighted by Crippen LogP contribution is 2.46. The first kappa shape index (κ1) is 24.4. The lowest BCUT2D eigenvalue weighted by Crippen LogP contribution is -2.29. The number of methoxy groups -OCH3 is 1. The number of fused-ring (bicyclic) bond motifs is 1. The molecule has 0 fully saturated rings. The van der Waals surface area contributed by atoms with Crippen LogP contribution in [0, 0.1) is 13.8 Å². The average molecular weight is 498 g/mol. The van der Waals surface area contributed by atoms with Gasteiger partial charge in [0.15, 0.2) is 0 Å². The molecule has 3 aromatic carbocycles. The first-order valence-electron chi connectivity index (χ1n) is 12.5. The van der Waals surface area contributed by atoms with Crippen molar-refractivity contribution < 1.29 is 19.4 Å². The number of carbonyl (C=O) groups excluding carboxylic acids is 1. The summed E-state index contributed by atoms with van der Waals surface area (Å²) in [6.45, 7) is 6.97. The zero-order valence-electron chi connectivity index (χ0n) is 21.5. The predicted molar refractivity (Wildman–Crippen MR) is 142 cm³/mol. The van der Waals surface area contributed by atoms with Crippen LogP contribution in [0.3, 0.4) is 0 Å². The molecule has 0 aliphatic carbocycles. The largest absolute Gasteiger partial charge is 0.507 e. The Morgan fingerprint density at radius 2 is 1.73 bits per heavy atom. The number of aromatic hydroxyl groups is 1. The van der Waals surface area contributed by atoms with Crippen molar-refractivity contribution in [2.45, 2.75) is 39.8 Å². The van der Waals surface area contributed by atoms with Crippen LogP contribution >= 0.6 is 0 Å². The maximum atomic E-state index is 13.7. The number of aromatic nitrogens is 2. The number of aromatic amines is 1. The minimum atomic E-state index is -0.390. The van der Waals surface area contributed by atoms with Crippen LogP contribution in [0.5, 0.6) is 17.2 Å². The lowest BCUT2D eigenvalue weighted by atomic mass is 9.94. The normalized spacial score (nSPS) is 14.6. The molecule has 2 N–H and O–H groups in total. The van der Waals surface area contributed by atoms with Crippen LogP contribution in [-0.4, -0.2) is 39.8 Å². The number of nitrogens with one attached hydrogen (secondary N) is 1. The molecule has 1 amide bonds. The van der Waals surface area contributed by atoms with Gasteiger partial charge in [0, 0.05) is 17.7 Å². The topological polar surface area (TPSA) is 87.7 Å². The number of amides is 1. The summed E-state index contributed by atoms with van der Waals surface area (Å²) in [7, 11) is 1.63. The molecule has 2 heterocycles. The molecule has 1 aromatic heterocycles. The van der Waals surface area contributed by atoms with Crippen molar-refractivity contribution >= 4 is 5.91 Å². The lowest BCUT2D eigenvalue weighted by Gasteiger charge is -2.27. The van der Waals surface area contributed by atoms with Gasteiger partial charge in [0.05, 0.1) is 19.8 Å². The summed E-state index contributed by atoms with van der Waals surface area (Å²) in [5.74, 6) is 1.58. The van der Waals surface area contributed by atoms with Crippen LogP contribution in [0.1, 0.15) is 57.7 Å². The quantitative estimate of drug-likeness (QED) is 0.314. The van der Waals surface area contributed by atoms with Crippen LogP contribution in [0.4, 0.5) is 0 Å². The van der Waals surface area contributed by atoms with E-state index in [2.05, 4.69) is 17.1 Å². The third-order valence-corrected chi connectivity index (χ3v) is 6.74. The van der Waals surface area contributed by atoms with E-state index < -0.39 is 6.04 Å². The summed E-state index contributed by atoms with van der Waals surface area (Å²) in [4.78, 5) is 15.6. The molecule has 1 aliphatic rings. The van der Waals surface area contributed by atoms with Crippen molar-refractivity contribution in [2.75, 3.05) is 13.7 Å². The second kappa shape index (κ2) is 10.0. The Labute approximate surface area is 216 Å². The first-order valence-corrected chi connectivity index (χ1v) is 12.5. The van der Waals surface area contributed by atoms with Gasteiger partial charge in [0.2, 0.25) is 0 Å². The number of phenols is 1. The molecule has 0 radical (unpaired) electrons. The number of hydrogen-bond donors (Lipinski definition) is 2. The molecule has 7 nitrogen and oxygen atoms in total. The number of carbonyl (C=O) groups is 1.